The minimum atomic E-state index is -3.65. The fourth-order valence-electron chi connectivity index (χ4n) is 4.03. The van der Waals surface area contributed by atoms with Gasteiger partial charge in [-0.15, -0.1) is 0 Å². The standard InChI is InChI=1S/C22H27N3O4S/c1-23(2)30(27,28)18-9-10-21(24-12-14-29-15-13-24)19(16-18)22(26)25-11-5-7-17-6-3-4-8-20(17)25/h3-4,6,8-10,16H,5,7,11-15H2,1-2H3. The van der Waals surface area contributed by atoms with Gasteiger partial charge in [-0.05, 0) is 42.7 Å². The maximum Gasteiger partial charge on any atom is 0.260 e. The average molecular weight is 430 g/mol. The van der Waals surface area contributed by atoms with Crippen LogP contribution in [-0.2, 0) is 21.2 Å². The van der Waals surface area contributed by atoms with Gasteiger partial charge in [-0.3, -0.25) is 4.79 Å². The Kier molecular flexibility index (Phi) is 5.81. The summed E-state index contributed by atoms with van der Waals surface area (Å²) in [7, 11) is -0.665. The highest BCUT2D eigenvalue weighted by Crippen LogP contribution is 2.32. The molecule has 0 bridgehead atoms. The molecule has 0 atom stereocenters. The summed E-state index contributed by atoms with van der Waals surface area (Å²) in [4.78, 5) is 17.7. The smallest absolute Gasteiger partial charge is 0.260 e. The number of fused-ring (bicyclic) bond motifs is 1. The molecule has 1 amide bonds. The number of ether oxygens (including phenoxy) is 1. The quantitative estimate of drug-likeness (QED) is 0.746. The molecular formula is C22H27N3O4S. The van der Waals surface area contributed by atoms with Gasteiger partial charge in [0.2, 0.25) is 10.0 Å². The summed E-state index contributed by atoms with van der Waals surface area (Å²) >= 11 is 0. The number of nitrogens with zero attached hydrogens (tertiary/aromatic N) is 3. The van der Waals surface area contributed by atoms with E-state index >= 15 is 0 Å². The van der Waals surface area contributed by atoms with Crippen molar-refractivity contribution in [3.8, 4) is 0 Å². The summed E-state index contributed by atoms with van der Waals surface area (Å²) in [6.45, 7) is 3.10. The van der Waals surface area contributed by atoms with E-state index in [1.54, 1.807) is 17.0 Å². The normalized spacial score (nSPS) is 17.2. The zero-order valence-corrected chi connectivity index (χ0v) is 18.2. The van der Waals surface area contributed by atoms with Crippen LogP contribution in [0.4, 0.5) is 11.4 Å². The van der Waals surface area contributed by atoms with Gasteiger partial charge in [0.15, 0.2) is 0 Å². The highest BCUT2D eigenvalue weighted by Gasteiger charge is 2.29. The van der Waals surface area contributed by atoms with Crippen molar-refractivity contribution in [1.82, 2.24) is 4.31 Å². The number of amides is 1. The monoisotopic (exact) mass is 429 g/mol. The van der Waals surface area contributed by atoms with Gasteiger partial charge in [0.05, 0.1) is 23.7 Å². The van der Waals surface area contributed by atoms with Crippen LogP contribution in [0.1, 0.15) is 22.3 Å². The Labute approximate surface area is 177 Å². The minimum absolute atomic E-state index is 0.123. The van der Waals surface area contributed by atoms with Crippen LogP contribution in [0.3, 0.4) is 0 Å². The van der Waals surface area contributed by atoms with E-state index in [9.17, 15) is 13.2 Å². The second-order valence-electron chi connectivity index (χ2n) is 7.75. The fraction of sp³-hybridized carbons (Fsp3) is 0.409. The molecule has 0 N–H and O–H groups in total. The predicted molar refractivity (Wildman–Crippen MR) is 117 cm³/mol. The predicted octanol–water partition coefficient (Wildman–Crippen LogP) is 2.37. The van der Waals surface area contributed by atoms with E-state index in [0.717, 1.165) is 29.8 Å². The molecule has 160 valence electrons. The van der Waals surface area contributed by atoms with E-state index in [4.69, 9.17) is 4.74 Å². The number of sulfonamides is 1. The third-order valence-corrected chi connectivity index (χ3v) is 7.50. The zero-order valence-electron chi connectivity index (χ0n) is 17.4. The minimum Gasteiger partial charge on any atom is -0.378 e. The maximum atomic E-state index is 13.7. The van der Waals surface area contributed by atoms with Gasteiger partial charge in [0.25, 0.3) is 5.91 Å². The molecular weight excluding hydrogens is 402 g/mol. The number of hydrogen-bond acceptors (Lipinski definition) is 5. The maximum absolute atomic E-state index is 13.7. The molecule has 0 radical (unpaired) electrons. The molecule has 8 heteroatoms. The molecule has 0 aliphatic carbocycles. The Hall–Kier alpha value is -2.42. The van der Waals surface area contributed by atoms with Crippen molar-refractivity contribution in [2.45, 2.75) is 17.7 Å². The van der Waals surface area contributed by atoms with Crippen molar-refractivity contribution < 1.29 is 17.9 Å². The van der Waals surface area contributed by atoms with Crippen LogP contribution in [0.25, 0.3) is 0 Å². The van der Waals surface area contributed by atoms with E-state index in [1.165, 1.54) is 24.5 Å². The lowest BCUT2D eigenvalue weighted by atomic mass is 10.0. The van der Waals surface area contributed by atoms with E-state index in [0.29, 0.717) is 38.4 Å². The first-order valence-corrected chi connectivity index (χ1v) is 11.6. The Balaban J connectivity index is 1.81. The first-order valence-electron chi connectivity index (χ1n) is 10.2. The van der Waals surface area contributed by atoms with Crippen LogP contribution in [0.2, 0.25) is 0 Å². The summed E-state index contributed by atoms with van der Waals surface area (Å²) in [6, 6.07) is 12.8. The second kappa shape index (κ2) is 8.37. The van der Waals surface area contributed by atoms with E-state index < -0.39 is 10.0 Å². The van der Waals surface area contributed by atoms with Gasteiger partial charge in [-0.2, -0.15) is 0 Å². The van der Waals surface area contributed by atoms with Crippen molar-refractivity contribution in [2.24, 2.45) is 0 Å². The lowest BCUT2D eigenvalue weighted by molar-refractivity contribution is 0.0983. The van der Waals surface area contributed by atoms with E-state index in [-0.39, 0.29) is 10.8 Å². The van der Waals surface area contributed by atoms with Crippen molar-refractivity contribution >= 4 is 27.3 Å². The topological polar surface area (TPSA) is 70.2 Å². The number of benzene rings is 2. The van der Waals surface area contributed by atoms with Crippen molar-refractivity contribution in [1.29, 1.82) is 0 Å². The van der Waals surface area contributed by atoms with Crippen molar-refractivity contribution in [3.63, 3.8) is 0 Å². The van der Waals surface area contributed by atoms with Gasteiger partial charge in [-0.25, -0.2) is 12.7 Å². The lowest BCUT2D eigenvalue weighted by Gasteiger charge is -2.33. The number of carbonyl (C=O) groups excluding carboxylic acids is 1. The molecule has 2 aliphatic heterocycles. The molecule has 0 unspecified atom stereocenters. The van der Waals surface area contributed by atoms with Gasteiger partial charge >= 0.3 is 0 Å². The van der Waals surface area contributed by atoms with Crippen LogP contribution < -0.4 is 9.80 Å². The molecule has 0 aromatic heterocycles. The summed E-state index contributed by atoms with van der Waals surface area (Å²) in [5, 5.41) is 0. The molecule has 2 aromatic carbocycles. The summed E-state index contributed by atoms with van der Waals surface area (Å²) in [6.07, 6.45) is 1.82. The number of morpholine rings is 1. The third-order valence-electron chi connectivity index (χ3n) is 5.68. The average Bonchev–Trinajstić information content (AvgIpc) is 2.78. The fourth-order valence-corrected chi connectivity index (χ4v) is 4.96. The SMILES string of the molecule is CN(C)S(=O)(=O)c1ccc(N2CCOCC2)c(C(=O)N2CCCc3ccccc32)c1. The number of rotatable bonds is 4. The number of anilines is 2. The van der Waals surface area contributed by atoms with Gasteiger partial charge < -0.3 is 14.5 Å². The molecule has 2 aliphatic rings. The molecule has 0 spiro atoms. The van der Waals surface area contributed by atoms with E-state index in [1.807, 2.05) is 24.3 Å². The highest BCUT2D eigenvalue weighted by molar-refractivity contribution is 7.89. The third kappa shape index (κ3) is 3.82. The van der Waals surface area contributed by atoms with Crippen molar-refractivity contribution in [2.75, 3.05) is 56.7 Å². The number of carbonyl (C=O) groups is 1. The summed E-state index contributed by atoms with van der Waals surface area (Å²) in [5.41, 5.74) is 3.21. The molecule has 2 aromatic rings. The first-order chi connectivity index (χ1) is 14.4. The largest absolute Gasteiger partial charge is 0.378 e. The molecule has 7 nitrogen and oxygen atoms in total. The molecule has 2 heterocycles. The molecule has 1 fully saturated rings. The Bertz CT molecular complexity index is 1050. The zero-order chi connectivity index (χ0) is 21.3. The van der Waals surface area contributed by atoms with Crippen LogP contribution >= 0.6 is 0 Å². The Morgan fingerprint density at radius 3 is 2.47 bits per heavy atom. The lowest BCUT2D eigenvalue weighted by Crippen LogP contribution is -2.40. The van der Waals surface area contributed by atoms with E-state index in [2.05, 4.69) is 4.90 Å². The summed E-state index contributed by atoms with van der Waals surface area (Å²) < 4.78 is 32.1. The Morgan fingerprint density at radius 2 is 1.73 bits per heavy atom. The second-order valence-corrected chi connectivity index (χ2v) is 9.91. The van der Waals surface area contributed by atoms with Gasteiger partial charge in [-0.1, -0.05) is 18.2 Å². The molecule has 30 heavy (non-hydrogen) atoms. The first kappa shape index (κ1) is 20.8. The molecule has 4 rings (SSSR count). The molecule has 0 saturated carbocycles. The van der Waals surface area contributed by atoms with Crippen LogP contribution in [0.5, 0.6) is 0 Å². The van der Waals surface area contributed by atoms with Crippen molar-refractivity contribution in [3.05, 3.63) is 53.6 Å². The van der Waals surface area contributed by atoms with Gasteiger partial charge in [0, 0.05) is 45.1 Å². The highest BCUT2D eigenvalue weighted by atomic mass is 32.2. The van der Waals surface area contributed by atoms with Crippen LogP contribution in [0.15, 0.2) is 47.4 Å². The van der Waals surface area contributed by atoms with Crippen LogP contribution in [-0.4, -0.2) is 65.6 Å². The number of para-hydroxylation sites is 1. The summed E-state index contributed by atoms with van der Waals surface area (Å²) in [5.74, 6) is -0.167. The Morgan fingerprint density at radius 1 is 1.00 bits per heavy atom. The number of hydrogen-bond donors (Lipinski definition) is 0. The number of aryl methyl sites for hydroxylation is 1. The van der Waals surface area contributed by atoms with Gasteiger partial charge in [0.1, 0.15) is 0 Å². The molecule has 1 saturated heterocycles. The van der Waals surface area contributed by atoms with Crippen LogP contribution in [0, 0.1) is 0 Å².